The normalized spacial score (nSPS) is 15.6. The number of nitrogens with zero attached hydrogens (tertiary/aromatic N) is 1. The number of nitrogens with one attached hydrogen (secondary N) is 2. The van der Waals surface area contributed by atoms with Gasteiger partial charge < -0.3 is 24.9 Å². The fraction of sp³-hybridized carbons (Fsp3) is 0.400. The summed E-state index contributed by atoms with van der Waals surface area (Å²) >= 11 is 0. The number of H-pyrrole nitrogens is 1. The monoisotopic (exact) mass is 569 g/mol. The van der Waals surface area contributed by atoms with E-state index in [0.717, 1.165) is 67.5 Å². The topological polar surface area (TPSA) is 86.8 Å². The summed E-state index contributed by atoms with van der Waals surface area (Å²) in [7, 11) is 0. The van der Waals surface area contributed by atoms with Crippen LogP contribution in [0.1, 0.15) is 49.3 Å². The highest BCUT2D eigenvalue weighted by Crippen LogP contribution is 2.28. The minimum Gasteiger partial charge on any atom is -0.491 e. The number of hydrogen-bond donors (Lipinski definition) is 3. The number of aromatic nitrogens is 1. The zero-order valence-electron chi connectivity index (χ0n) is 24.6. The highest BCUT2D eigenvalue weighted by atomic mass is 16.5. The molecule has 1 unspecified atom stereocenters. The molecule has 1 aromatic heterocycles. The summed E-state index contributed by atoms with van der Waals surface area (Å²) in [6, 6.07) is 24.9. The molecule has 1 heterocycles. The van der Waals surface area contributed by atoms with Crippen molar-refractivity contribution in [2.24, 2.45) is 0 Å². The van der Waals surface area contributed by atoms with Crippen LogP contribution in [0.3, 0.4) is 0 Å². The van der Waals surface area contributed by atoms with Gasteiger partial charge in [0.05, 0.1) is 0 Å². The second-order valence-corrected chi connectivity index (χ2v) is 11.3. The second-order valence-electron chi connectivity index (χ2n) is 11.3. The van der Waals surface area contributed by atoms with Crippen LogP contribution in [0.4, 0.5) is 0 Å². The number of aliphatic hydroxyl groups is 1. The predicted octanol–water partition coefficient (Wildman–Crippen LogP) is 5.65. The van der Waals surface area contributed by atoms with Gasteiger partial charge in [0.2, 0.25) is 0 Å². The van der Waals surface area contributed by atoms with Crippen molar-refractivity contribution in [1.82, 2.24) is 15.2 Å². The Morgan fingerprint density at radius 2 is 1.88 bits per heavy atom. The molecule has 1 amide bonds. The molecule has 3 N–H and O–H groups in total. The Morgan fingerprint density at radius 1 is 1.05 bits per heavy atom. The Labute approximate surface area is 248 Å². The molecule has 2 atom stereocenters. The summed E-state index contributed by atoms with van der Waals surface area (Å²) in [4.78, 5) is 17.8. The number of aromatic amines is 1. The molecule has 0 aliphatic heterocycles. The van der Waals surface area contributed by atoms with Gasteiger partial charge in [0.1, 0.15) is 24.2 Å². The molecule has 1 aliphatic carbocycles. The van der Waals surface area contributed by atoms with E-state index in [1.807, 2.05) is 42.6 Å². The van der Waals surface area contributed by atoms with Crippen molar-refractivity contribution >= 4 is 16.8 Å². The summed E-state index contributed by atoms with van der Waals surface area (Å²) in [5.74, 6) is 1.39. The average molecular weight is 570 g/mol. The largest absolute Gasteiger partial charge is 0.491 e. The van der Waals surface area contributed by atoms with Gasteiger partial charge in [-0.2, -0.15) is 0 Å². The van der Waals surface area contributed by atoms with E-state index in [1.54, 1.807) is 0 Å². The van der Waals surface area contributed by atoms with Gasteiger partial charge in [0.25, 0.3) is 5.91 Å². The zero-order chi connectivity index (χ0) is 29.1. The average Bonchev–Trinajstić information content (AvgIpc) is 3.37. The quantitative estimate of drug-likeness (QED) is 0.135. The van der Waals surface area contributed by atoms with Crippen molar-refractivity contribution in [1.29, 1.82) is 0 Å². The molecule has 0 radical (unpaired) electrons. The molecule has 0 saturated heterocycles. The summed E-state index contributed by atoms with van der Waals surface area (Å²) < 4.78 is 11.9. The number of carbonyl (C=O) groups is 1. The van der Waals surface area contributed by atoms with E-state index >= 15 is 0 Å². The zero-order valence-corrected chi connectivity index (χ0v) is 24.6. The van der Waals surface area contributed by atoms with Crippen LogP contribution in [0, 0.1) is 0 Å². The van der Waals surface area contributed by atoms with E-state index in [9.17, 15) is 9.90 Å². The van der Waals surface area contributed by atoms with Gasteiger partial charge in [-0.3, -0.25) is 9.69 Å². The van der Waals surface area contributed by atoms with Crippen LogP contribution < -0.4 is 14.8 Å². The van der Waals surface area contributed by atoms with Gasteiger partial charge in [-0.05, 0) is 85.2 Å². The summed E-state index contributed by atoms with van der Waals surface area (Å²) in [6.45, 7) is 4.29. The number of ether oxygens (including phenoxy) is 2. The number of unbranched alkanes of at least 4 members (excludes halogenated alkanes) is 1. The van der Waals surface area contributed by atoms with Gasteiger partial charge in [-0.15, -0.1) is 0 Å². The molecule has 3 aromatic carbocycles. The first-order valence-electron chi connectivity index (χ1n) is 15.2. The Bertz CT molecular complexity index is 1420. The van der Waals surface area contributed by atoms with Crippen molar-refractivity contribution in [2.45, 2.75) is 64.1 Å². The first-order chi connectivity index (χ1) is 20.6. The highest BCUT2D eigenvalue weighted by molar-refractivity contribution is 5.80. The summed E-state index contributed by atoms with van der Waals surface area (Å²) in [5, 5.41) is 15.1. The molecule has 0 fully saturated rings. The molecule has 0 spiro atoms. The first kappa shape index (κ1) is 29.7. The Balaban J connectivity index is 1.25. The van der Waals surface area contributed by atoms with E-state index < -0.39 is 6.10 Å². The molecule has 0 bridgehead atoms. The van der Waals surface area contributed by atoms with Crippen molar-refractivity contribution in [3.8, 4) is 11.5 Å². The van der Waals surface area contributed by atoms with Crippen molar-refractivity contribution in [3.63, 3.8) is 0 Å². The van der Waals surface area contributed by atoms with Gasteiger partial charge in [-0.1, -0.05) is 49.7 Å². The molecule has 4 aromatic rings. The minimum absolute atomic E-state index is 0.0231. The van der Waals surface area contributed by atoms with Crippen LogP contribution in [-0.4, -0.2) is 59.3 Å². The van der Waals surface area contributed by atoms with Crippen LogP contribution in [-0.2, 0) is 24.2 Å². The molecule has 1 aliphatic rings. The van der Waals surface area contributed by atoms with Crippen LogP contribution in [0.2, 0.25) is 0 Å². The smallest absolute Gasteiger partial charge is 0.257 e. The van der Waals surface area contributed by atoms with Crippen LogP contribution in [0.15, 0.2) is 79.0 Å². The number of benzene rings is 3. The fourth-order valence-corrected chi connectivity index (χ4v) is 5.72. The fourth-order valence-electron chi connectivity index (χ4n) is 5.72. The van der Waals surface area contributed by atoms with E-state index in [-0.39, 0.29) is 25.2 Å². The maximum Gasteiger partial charge on any atom is 0.257 e. The number of fused-ring (bicyclic) bond motifs is 2. The standard InChI is InChI=1S/C35H43N3O4/c1-2-3-17-37-35(40)25-42-32-13-12-27-10-7-11-30(19-29(27)21-32)38(22-26-8-5-4-6-9-26)23-31(39)24-41-33-14-15-34-28(20-33)16-18-36-34/h4-6,8-9,12-16,18,20-21,30-31,36,39H,2-3,7,10-11,17,19,22-25H2,1H3,(H,37,40)/t30?,31-/m0/s1. The van der Waals surface area contributed by atoms with Crippen LogP contribution in [0.5, 0.6) is 11.5 Å². The second kappa shape index (κ2) is 14.9. The lowest BCUT2D eigenvalue weighted by Crippen LogP contribution is -2.42. The Hall–Kier alpha value is -3.81. The van der Waals surface area contributed by atoms with Crippen molar-refractivity contribution in [3.05, 3.63) is 95.7 Å². The summed E-state index contributed by atoms with van der Waals surface area (Å²) in [6.07, 6.45) is 7.27. The Kier molecular flexibility index (Phi) is 10.5. The lowest BCUT2D eigenvalue weighted by molar-refractivity contribution is -0.123. The van der Waals surface area contributed by atoms with Gasteiger partial charge in [0, 0.05) is 42.8 Å². The third-order valence-corrected chi connectivity index (χ3v) is 8.00. The lowest BCUT2D eigenvalue weighted by Gasteiger charge is -2.33. The highest BCUT2D eigenvalue weighted by Gasteiger charge is 2.25. The van der Waals surface area contributed by atoms with Gasteiger partial charge in [-0.25, -0.2) is 0 Å². The molecule has 5 rings (SSSR count). The van der Waals surface area contributed by atoms with E-state index in [2.05, 4.69) is 58.5 Å². The molecule has 0 saturated carbocycles. The molecule has 222 valence electrons. The minimum atomic E-state index is -0.640. The van der Waals surface area contributed by atoms with Gasteiger partial charge in [0.15, 0.2) is 6.61 Å². The van der Waals surface area contributed by atoms with E-state index in [0.29, 0.717) is 13.1 Å². The molecule has 7 heteroatoms. The number of aliphatic hydroxyl groups excluding tert-OH is 1. The number of amides is 1. The SMILES string of the molecule is CCCCNC(=O)COc1ccc2c(c1)CC(N(Cc1ccccc1)C[C@H](O)COc1ccc3[nH]ccc3c1)CCC2. The number of aryl methyl sites for hydroxylation is 1. The molecule has 42 heavy (non-hydrogen) atoms. The summed E-state index contributed by atoms with van der Waals surface area (Å²) in [5.41, 5.74) is 4.87. The van der Waals surface area contributed by atoms with Crippen LogP contribution >= 0.6 is 0 Å². The van der Waals surface area contributed by atoms with Gasteiger partial charge >= 0.3 is 0 Å². The van der Waals surface area contributed by atoms with Crippen molar-refractivity contribution < 1.29 is 19.4 Å². The number of carbonyl (C=O) groups excluding carboxylic acids is 1. The van der Waals surface area contributed by atoms with E-state index in [1.165, 1.54) is 16.7 Å². The Morgan fingerprint density at radius 3 is 2.74 bits per heavy atom. The van der Waals surface area contributed by atoms with Crippen molar-refractivity contribution in [2.75, 3.05) is 26.3 Å². The number of rotatable bonds is 14. The number of hydrogen-bond acceptors (Lipinski definition) is 5. The molecular formula is C35H43N3O4. The maximum atomic E-state index is 12.2. The molecule has 7 nitrogen and oxygen atoms in total. The van der Waals surface area contributed by atoms with Crippen LogP contribution in [0.25, 0.3) is 10.9 Å². The van der Waals surface area contributed by atoms with E-state index in [4.69, 9.17) is 9.47 Å². The maximum absolute atomic E-state index is 12.2. The third kappa shape index (κ3) is 8.37. The predicted molar refractivity (Wildman–Crippen MR) is 167 cm³/mol. The lowest BCUT2D eigenvalue weighted by atomic mass is 10.00. The third-order valence-electron chi connectivity index (χ3n) is 8.00. The molecular weight excluding hydrogens is 526 g/mol. The first-order valence-corrected chi connectivity index (χ1v) is 15.2.